The Bertz CT molecular complexity index is 482. The van der Waals surface area contributed by atoms with Crippen molar-refractivity contribution in [2.75, 3.05) is 6.54 Å². The standard InChI is InChI=1S/C12H18N2O5S/c1-2-9(15)13-6-10(16)19-12-8-4-3-7(5-8)11(12)14-20(17)18/h2,7-8,11-12,20H,1,3-6H2,(H,13,15)(H,14,17,18). The molecule has 112 valence electrons. The Balaban J connectivity index is 1.91. The average Bonchev–Trinajstić information content (AvgIpc) is 2.98. The van der Waals surface area contributed by atoms with Gasteiger partial charge >= 0.3 is 5.97 Å². The van der Waals surface area contributed by atoms with Gasteiger partial charge in [0.05, 0.1) is 6.04 Å². The predicted molar refractivity (Wildman–Crippen MR) is 71.2 cm³/mol. The molecule has 4 unspecified atom stereocenters. The van der Waals surface area contributed by atoms with E-state index in [2.05, 4.69) is 16.6 Å². The lowest BCUT2D eigenvalue weighted by molar-refractivity contribution is -0.152. The maximum atomic E-state index is 11.7. The number of esters is 1. The third-order valence-corrected chi connectivity index (χ3v) is 4.46. The summed E-state index contributed by atoms with van der Waals surface area (Å²) in [7, 11) is -2.72. The number of amides is 1. The van der Waals surface area contributed by atoms with Crippen LogP contribution in [0.2, 0.25) is 0 Å². The highest BCUT2D eigenvalue weighted by atomic mass is 32.2. The van der Waals surface area contributed by atoms with Crippen LogP contribution in [-0.2, 0) is 25.2 Å². The first-order valence-corrected chi connectivity index (χ1v) is 7.69. The van der Waals surface area contributed by atoms with Gasteiger partial charge in [-0.1, -0.05) is 6.58 Å². The van der Waals surface area contributed by atoms with E-state index in [1.807, 2.05) is 0 Å². The fourth-order valence-electron chi connectivity index (χ4n) is 3.13. The molecule has 2 rings (SSSR count). The van der Waals surface area contributed by atoms with Crippen molar-refractivity contribution in [3.63, 3.8) is 0 Å². The van der Waals surface area contributed by atoms with E-state index in [0.717, 1.165) is 25.3 Å². The molecule has 0 aromatic heterocycles. The van der Waals surface area contributed by atoms with Gasteiger partial charge in [0.25, 0.3) is 0 Å². The Hall–Kier alpha value is -1.41. The van der Waals surface area contributed by atoms with E-state index in [9.17, 15) is 18.0 Å². The number of ether oxygens (including phenoxy) is 1. The maximum absolute atomic E-state index is 11.7. The molecule has 0 aliphatic heterocycles. The first-order valence-electron chi connectivity index (χ1n) is 6.51. The molecule has 2 aliphatic carbocycles. The van der Waals surface area contributed by atoms with Crippen molar-refractivity contribution in [1.29, 1.82) is 0 Å². The molecule has 0 aromatic carbocycles. The molecule has 0 radical (unpaired) electrons. The summed E-state index contributed by atoms with van der Waals surface area (Å²) in [5.41, 5.74) is 0. The minimum absolute atomic E-state index is 0.200. The van der Waals surface area contributed by atoms with Crippen LogP contribution in [0.5, 0.6) is 0 Å². The molecule has 2 fully saturated rings. The van der Waals surface area contributed by atoms with E-state index in [0.29, 0.717) is 0 Å². The second-order valence-electron chi connectivity index (χ2n) is 5.12. The Labute approximate surface area is 118 Å². The number of hydrogen-bond donors (Lipinski definition) is 3. The van der Waals surface area contributed by atoms with Crippen molar-refractivity contribution in [1.82, 2.24) is 10.0 Å². The molecule has 8 heteroatoms. The van der Waals surface area contributed by atoms with E-state index in [1.54, 1.807) is 0 Å². The molecule has 2 aliphatic rings. The number of thiol groups is 1. The molecular weight excluding hydrogens is 284 g/mol. The lowest BCUT2D eigenvalue weighted by atomic mass is 9.93. The number of carbonyl (C=O) groups excluding carboxylic acids is 2. The highest BCUT2D eigenvalue weighted by Gasteiger charge is 2.50. The Morgan fingerprint density at radius 2 is 2.00 bits per heavy atom. The Morgan fingerprint density at radius 3 is 2.65 bits per heavy atom. The van der Waals surface area contributed by atoms with Crippen LogP contribution in [0, 0.1) is 11.8 Å². The Kier molecular flexibility index (Phi) is 4.77. The highest BCUT2D eigenvalue weighted by molar-refractivity contribution is 7.70. The van der Waals surface area contributed by atoms with Crippen molar-refractivity contribution >= 4 is 22.8 Å². The van der Waals surface area contributed by atoms with Gasteiger partial charge < -0.3 is 10.1 Å². The van der Waals surface area contributed by atoms with Gasteiger partial charge in [0, 0.05) is 0 Å². The zero-order valence-electron chi connectivity index (χ0n) is 10.9. The van der Waals surface area contributed by atoms with Crippen LogP contribution in [0.1, 0.15) is 19.3 Å². The van der Waals surface area contributed by atoms with Crippen LogP contribution in [0.15, 0.2) is 12.7 Å². The molecule has 0 saturated heterocycles. The molecule has 2 bridgehead atoms. The zero-order valence-corrected chi connectivity index (χ0v) is 11.8. The lowest BCUT2D eigenvalue weighted by Gasteiger charge is -2.29. The van der Waals surface area contributed by atoms with Gasteiger partial charge in [0.2, 0.25) is 16.8 Å². The predicted octanol–water partition coefficient (Wildman–Crippen LogP) is -0.885. The van der Waals surface area contributed by atoms with Crippen molar-refractivity contribution in [3.05, 3.63) is 12.7 Å². The van der Waals surface area contributed by atoms with Crippen LogP contribution in [-0.4, -0.2) is 39.0 Å². The van der Waals surface area contributed by atoms with E-state index < -0.39 is 28.9 Å². The Morgan fingerprint density at radius 1 is 1.30 bits per heavy atom. The van der Waals surface area contributed by atoms with Crippen molar-refractivity contribution in [2.24, 2.45) is 11.8 Å². The van der Waals surface area contributed by atoms with E-state index in [-0.39, 0.29) is 24.4 Å². The summed E-state index contributed by atoms with van der Waals surface area (Å²) in [5.74, 6) is -0.585. The number of hydrogen-bond acceptors (Lipinski definition) is 5. The molecule has 4 atom stereocenters. The summed E-state index contributed by atoms with van der Waals surface area (Å²) in [4.78, 5) is 22.6. The molecular formula is C12H18N2O5S. The number of rotatable bonds is 6. The van der Waals surface area contributed by atoms with Gasteiger partial charge in [0.1, 0.15) is 12.6 Å². The monoisotopic (exact) mass is 302 g/mol. The highest BCUT2D eigenvalue weighted by Crippen LogP contribution is 2.46. The van der Waals surface area contributed by atoms with Gasteiger partial charge in [0.15, 0.2) is 0 Å². The van der Waals surface area contributed by atoms with E-state index >= 15 is 0 Å². The molecule has 20 heavy (non-hydrogen) atoms. The van der Waals surface area contributed by atoms with Gasteiger partial charge in [-0.15, -0.1) is 0 Å². The first kappa shape index (κ1) is 15.0. The van der Waals surface area contributed by atoms with E-state index in [1.165, 1.54) is 0 Å². The maximum Gasteiger partial charge on any atom is 0.325 e. The third-order valence-electron chi connectivity index (χ3n) is 3.95. The molecule has 0 aromatic rings. The zero-order chi connectivity index (χ0) is 14.7. The summed E-state index contributed by atoms with van der Waals surface area (Å²) in [6, 6.07) is -0.339. The van der Waals surface area contributed by atoms with Crippen molar-refractivity contribution in [2.45, 2.75) is 31.4 Å². The van der Waals surface area contributed by atoms with Crippen LogP contribution in [0.4, 0.5) is 0 Å². The van der Waals surface area contributed by atoms with Gasteiger partial charge in [-0.05, 0) is 37.2 Å². The second-order valence-corrected chi connectivity index (χ2v) is 5.89. The fraction of sp³-hybridized carbons (Fsp3) is 0.667. The van der Waals surface area contributed by atoms with Crippen molar-refractivity contribution in [3.8, 4) is 0 Å². The first-order chi connectivity index (χ1) is 9.51. The second kappa shape index (κ2) is 6.36. The third kappa shape index (κ3) is 3.37. The van der Waals surface area contributed by atoms with Gasteiger partial charge in [-0.3, -0.25) is 9.59 Å². The summed E-state index contributed by atoms with van der Waals surface area (Å²) in [6.07, 6.45) is 3.40. The molecule has 0 heterocycles. The molecule has 2 N–H and O–H groups in total. The largest absolute Gasteiger partial charge is 0.459 e. The topological polar surface area (TPSA) is 102 Å². The molecule has 1 amide bonds. The molecule has 7 nitrogen and oxygen atoms in total. The van der Waals surface area contributed by atoms with Crippen molar-refractivity contribution < 1.29 is 22.7 Å². The SMILES string of the molecule is C=CC(=O)NCC(=O)OC1C2CCC(C2)C1N[SH](=O)=O. The lowest BCUT2D eigenvalue weighted by Crippen LogP contribution is -2.46. The van der Waals surface area contributed by atoms with Crippen LogP contribution < -0.4 is 10.0 Å². The van der Waals surface area contributed by atoms with E-state index in [4.69, 9.17) is 4.74 Å². The summed E-state index contributed by atoms with van der Waals surface area (Å²) in [5, 5.41) is 2.33. The number of nitrogens with one attached hydrogen (secondary N) is 2. The molecule has 0 spiro atoms. The normalized spacial score (nSPS) is 31.2. The fourth-order valence-corrected chi connectivity index (χ4v) is 3.73. The average molecular weight is 302 g/mol. The van der Waals surface area contributed by atoms with Gasteiger partial charge in [-0.2, -0.15) is 0 Å². The summed E-state index contributed by atoms with van der Waals surface area (Å²) in [6.45, 7) is 3.04. The number of carbonyl (C=O) groups is 2. The quantitative estimate of drug-likeness (QED) is 0.336. The van der Waals surface area contributed by atoms with Crippen LogP contribution >= 0.6 is 0 Å². The van der Waals surface area contributed by atoms with Gasteiger partial charge in [-0.25, -0.2) is 13.1 Å². The molecule has 2 saturated carbocycles. The summed E-state index contributed by atoms with van der Waals surface area (Å²) >= 11 is 0. The summed E-state index contributed by atoms with van der Waals surface area (Å²) < 4.78 is 29.5. The van der Waals surface area contributed by atoms with Crippen LogP contribution in [0.25, 0.3) is 0 Å². The number of fused-ring (bicyclic) bond motifs is 2. The minimum atomic E-state index is -2.72. The minimum Gasteiger partial charge on any atom is -0.459 e. The van der Waals surface area contributed by atoms with Crippen LogP contribution in [0.3, 0.4) is 0 Å². The smallest absolute Gasteiger partial charge is 0.325 e.